The highest BCUT2D eigenvalue weighted by Crippen LogP contribution is 2.30. The van der Waals surface area contributed by atoms with Gasteiger partial charge in [0.1, 0.15) is 6.61 Å². The quantitative estimate of drug-likeness (QED) is 0.519. The lowest BCUT2D eigenvalue weighted by atomic mass is 10.2. The average molecular weight is 438 g/mol. The summed E-state index contributed by atoms with van der Waals surface area (Å²) in [6, 6.07) is 10.8. The van der Waals surface area contributed by atoms with E-state index in [1.54, 1.807) is 48.3 Å². The third-order valence-electron chi connectivity index (χ3n) is 5.22. The molecule has 8 heteroatoms. The van der Waals surface area contributed by atoms with Crippen molar-refractivity contribution in [3.63, 3.8) is 0 Å². The molecule has 3 aromatic rings. The predicted octanol–water partition coefficient (Wildman–Crippen LogP) is 3.87. The number of pyridine rings is 1. The van der Waals surface area contributed by atoms with Crippen molar-refractivity contribution in [1.82, 2.24) is 19.7 Å². The van der Waals surface area contributed by atoms with Crippen molar-refractivity contribution < 1.29 is 14.3 Å². The second-order valence-electron chi connectivity index (χ2n) is 7.44. The Hall–Kier alpha value is -3.39. The number of amides is 1. The summed E-state index contributed by atoms with van der Waals surface area (Å²) in [6.07, 6.45) is 1.55. The van der Waals surface area contributed by atoms with Crippen LogP contribution in [0.3, 0.4) is 0 Å². The van der Waals surface area contributed by atoms with Gasteiger partial charge in [0.05, 0.1) is 18.4 Å². The van der Waals surface area contributed by atoms with E-state index < -0.39 is 0 Å². The van der Waals surface area contributed by atoms with Gasteiger partial charge < -0.3 is 19.7 Å². The maximum absolute atomic E-state index is 12.7. The molecule has 1 N–H and O–H groups in total. The van der Waals surface area contributed by atoms with Crippen molar-refractivity contribution in [1.29, 1.82) is 0 Å². The standard InChI is InChI=1S/C24H31N5O3/c1-6-28(7-2)12-13-32-22-15-20(9-10-21(22)31-5)26-24(30)19-8-11-23(25-16-19)29-18(4)14-17(3)27-29/h8-11,14-16H,6-7,12-13H2,1-5H3,(H,26,30). The van der Waals surface area contributed by atoms with Crippen LogP contribution in [0, 0.1) is 13.8 Å². The zero-order valence-corrected chi connectivity index (χ0v) is 19.4. The van der Waals surface area contributed by atoms with Gasteiger partial charge in [-0.3, -0.25) is 4.79 Å². The number of ether oxygens (including phenoxy) is 2. The fourth-order valence-corrected chi connectivity index (χ4v) is 3.40. The Morgan fingerprint density at radius 1 is 1.09 bits per heavy atom. The van der Waals surface area contributed by atoms with Gasteiger partial charge in [-0.05, 0) is 57.3 Å². The summed E-state index contributed by atoms with van der Waals surface area (Å²) in [5, 5.41) is 7.32. The predicted molar refractivity (Wildman–Crippen MR) is 125 cm³/mol. The summed E-state index contributed by atoms with van der Waals surface area (Å²) in [5.41, 5.74) is 2.98. The van der Waals surface area contributed by atoms with E-state index in [0.29, 0.717) is 35.2 Å². The smallest absolute Gasteiger partial charge is 0.257 e. The van der Waals surface area contributed by atoms with E-state index in [1.807, 2.05) is 19.9 Å². The van der Waals surface area contributed by atoms with Gasteiger partial charge in [-0.15, -0.1) is 0 Å². The topological polar surface area (TPSA) is 81.5 Å². The monoisotopic (exact) mass is 437 g/mol. The maximum atomic E-state index is 12.7. The Morgan fingerprint density at radius 2 is 1.88 bits per heavy atom. The number of hydrogen-bond acceptors (Lipinski definition) is 6. The van der Waals surface area contributed by atoms with Gasteiger partial charge in [-0.2, -0.15) is 5.10 Å². The molecule has 0 aliphatic heterocycles. The van der Waals surface area contributed by atoms with Crippen LogP contribution >= 0.6 is 0 Å². The zero-order chi connectivity index (χ0) is 23.1. The number of nitrogens with one attached hydrogen (secondary N) is 1. The lowest BCUT2D eigenvalue weighted by molar-refractivity contribution is 0.102. The normalized spacial score (nSPS) is 10.9. The number of anilines is 1. The molecule has 0 aliphatic rings. The first kappa shape index (κ1) is 23.3. The van der Waals surface area contributed by atoms with Crippen LogP contribution in [0.25, 0.3) is 5.82 Å². The van der Waals surface area contributed by atoms with E-state index in [-0.39, 0.29) is 5.91 Å². The van der Waals surface area contributed by atoms with E-state index >= 15 is 0 Å². The number of rotatable bonds is 10. The molecule has 1 amide bonds. The molecule has 0 saturated carbocycles. The molecular formula is C24H31N5O3. The molecule has 32 heavy (non-hydrogen) atoms. The second-order valence-corrected chi connectivity index (χ2v) is 7.44. The van der Waals surface area contributed by atoms with Crippen molar-refractivity contribution in [2.24, 2.45) is 0 Å². The highest BCUT2D eigenvalue weighted by Gasteiger charge is 2.12. The Kier molecular flexibility index (Phi) is 7.83. The summed E-state index contributed by atoms with van der Waals surface area (Å²) < 4.78 is 13.1. The van der Waals surface area contributed by atoms with Crippen molar-refractivity contribution in [2.45, 2.75) is 27.7 Å². The van der Waals surface area contributed by atoms with Gasteiger partial charge in [0.25, 0.3) is 5.91 Å². The molecule has 8 nitrogen and oxygen atoms in total. The number of aromatic nitrogens is 3. The lowest BCUT2D eigenvalue weighted by Gasteiger charge is -2.19. The van der Waals surface area contributed by atoms with Gasteiger partial charge in [-0.25, -0.2) is 9.67 Å². The molecular weight excluding hydrogens is 406 g/mol. The molecule has 0 radical (unpaired) electrons. The molecule has 1 aromatic carbocycles. The molecule has 2 heterocycles. The number of carbonyl (C=O) groups excluding carboxylic acids is 1. The number of carbonyl (C=O) groups is 1. The van der Waals surface area contributed by atoms with Crippen LogP contribution in [-0.4, -0.2) is 58.9 Å². The van der Waals surface area contributed by atoms with Crippen molar-refractivity contribution in [2.75, 3.05) is 38.7 Å². The minimum absolute atomic E-state index is 0.253. The second kappa shape index (κ2) is 10.8. The van der Waals surface area contributed by atoms with Crippen LogP contribution in [0.2, 0.25) is 0 Å². The maximum Gasteiger partial charge on any atom is 0.257 e. The summed E-state index contributed by atoms with van der Waals surface area (Å²) in [4.78, 5) is 19.4. The number of aryl methyl sites for hydroxylation is 2. The first-order chi connectivity index (χ1) is 15.4. The largest absolute Gasteiger partial charge is 0.493 e. The van der Waals surface area contributed by atoms with Gasteiger partial charge in [-0.1, -0.05) is 13.8 Å². The number of benzene rings is 1. The molecule has 0 fully saturated rings. The summed E-state index contributed by atoms with van der Waals surface area (Å²) in [7, 11) is 1.60. The molecule has 0 unspecified atom stereocenters. The minimum atomic E-state index is -0.253. The van der Waals surface area contributed by atoms with Crippen LogP contribution in [0.1, 0.15) is 35.6 Å². The third-order valence-corrected chi connectivity index (χ3v) is 5.22. The molecule has 0 saturated heterocycles. The van der Waals surface area contributed by atoms with Crippen LogP contribution in [0.15, 0.2) is 42.6 Å². The van der Waals surface area contributed by atoms with Crippen molar-refractivity contribution in [3.8, 4) is 17.3 Å². The fraction of sp³-hybridized carbons (Fsp3) is 0.375. The molecule has 0 bridgehead atoms. The Balaban J connectivity index is 1.68. The van der Waals surface area contributed by atoms with E-state index in [0.717, 1.165) is 31.0 Å². The van der Waals surface area contributed by atoms with E-state index in [2.05, 4.69) is 34.1 Å². The number of hydrogen-bond donors (Lipinski definition) is 1. The summed E-state index contributed by atoms with van der Waals surface area (Å²) >= 11 is 0. The Labute approximate surface area is 189 Å². The SMILES string of the molecule is CCN(CC)CCOc1cc(NC(=O)c2ccc(-n3nc(C)cc3C)nc2)ccc1OC. The molecule has 0 spiro atoms. The lowest BCUT2D eigenvalue weighted by Crippen LogP contribution is -2.28. The zero-order valence-electron chi connectivity index (χ0n) is 19.4. The number of methoxy groups -OCH3 is 1. The van der Waals surface area contributed by atoms with Crippen LogP contribution in [-0.2, 0) is 0 Å². The van der Waals surface area contributed by atoms with Crippen molar-refractivity contribution >= 4 is 11.6 Å². The number of nitrogens with zero attached hydrogens (tertiary/aromatic N) is 4. The fourth-order valence-electron chi connectivity index (χ4n) is 3.40. The molecule has 0 aliphatic carbocycles. The molecule has 2 aromatic heterocycles. The van der Waals surface area contributed by atoms with Crippen molar-refractivity contribution in [3.05, 3.63) is 59.5 Å². The molecule has 170 valence electrons. The van der Waals surface area contributed by atoms with Crippen LogP contribution < -0.4 is 14.8 Å². The van der Waals surface area contributed by atoms with E-state index in [1.165, 1.54) is 0 Å². The first-order valence-corrected chi connectivity index (χ1v) is 10.8. The summed E-state index contributed by atoms with van der Waals surface area (Å²) in [6.45, 7) is 11.4. The van der Waals surface area contributed by atoms with Crippen LogP contribution in [0.5, 0.6) is 11.5 Å². The highest BCUT2D eigenvalue weighted by atomic mass is 16.5. The van der Waals surface area contributed by atoms with Crippen LogP contribution in [0.4, 0.5) is 5.69 Å². The third kappa shape index (κ3) is 5.64. The Bertz CT molecular complexity index is 1040. The molecule has 0 atom stereocenters. The minimum Gasteiger partial charge on any atom is -0.493 e. The van der Waals surface area contributed by atoms with Gasteiger partial charge in [0, 0.05) is 30.2 Å². The Morgan fingerprint density at radius 3 is 2.47 bits per heavy atom. The van der Waals surface area contributed by atoms with E-state index in [4.69, 9.17) is 9.47 Å². The molecule has 3 rings (SSSR count). The van der Waals surface area contributed by atoms with Gasteiger partial charge in [0.15, 0.2) is 17.3 Å². The first-order valence-electron chi connectivity index (χ1n) is 10.8. The van der Waals surface area contributed by atoms with Gasteiger partial charge >= 0.3 is 0 Å². The summed E-state index contributed by atoms with van der Waals surface area (Å²) in [5.74, 6) is 1.63. The van der Waals surface area contributed by atoms with Gasteiger partial charge in [0.2, 0.25) is 0 Å². The number of likely N-dealkylation sites (N-methyl/N-ethyl adjacent to an activating group) is 1. The van der Waals surface area contributed by atoms with E-state index in [9.17, 15) is 4.79 Å². The highest BCUT2D eigenvalue weighted by molar-refractivity contribution is 6.04. The average Bonchev–Trinajstić information content (AvgIpc) is 3.14.